The molecule has 1 aliphatic rings. The van der Waals surface area contributed by atoms with E-state index in [9.17, 15) is 14.0 Å². The van der Waals surface area contributed by atoms with Crippen molar-refractivity contribution in [2.75, 3.05) is 25.1 Å². The molecule has 0 unspecified atom stereocenters. The summed E-state index contributed by atoms with van der Waals surface area (Å²) in [7, 11) is 0. The first kappa shape index (κ1) is 18.9. The van der Waals surface area contributed by atoms with E-state index in [2.05, 4.69) is 21.2 Å². The third-order valence-electron chi connectivity index (χ3n) is 3.53. The van der Waals surface area contributed by atoms with Gasteiger partial charge in [-0.1, -0.05) is 15.9 Å². The van der Waals surface area contributed by atoms with Gasteiger partial charge in [-0.25, -0.2) is 9.18 Å². The topological polar surface area (TPSA) is 73.9 Å². The normalized spacial score (nSPS) is 12.7. The number of amides is 1. The summed E-state index contributed by atoms with van der Waals surface area (Å²) < 4.78 is 29.9. The van der Waals surface area contributed by atoms with Gasteiger partial charge in [-0.3, -0.25) is 4.79 Å². The van der Waals surface area contributed by atoms with Crippen LogP contribution in [-0.2, 0) is 14.3 Å². The number of nitrogens with one attached hydrogen (secondary N) is 1. The second-order valence-electron chi connectivity index (χ2n) is 5.51. The van der Waals surface area contributed by atoms with Crippen molar-refractivity contribution in [1.29, 1.82) is 0 Å². The molecule has 27 heavy (non-hydrogen) atoms. The number of carbonyl (C=O) groups is 2. The Labute approximate surface area is 163 Å². The first-order chi connectivity index (χ1) is 13.0. The minimum Gasteiger partial charge on any atom is -0.486 e. The summed E-state index contributed by atoms with van der Waals surface area (Å²) in [5, 5.41) is 2.60. The molecule has 6 nitrogen and oxygen atoms in total. The van der Waals surface area contributed by atoms with E-state index in [1.165, 1.54) is 18.2 Å². The Hall–Kier alpha value is -2.87. The summed E-state index contributed by atoms with van der Waals surface area (Å²) in [5.74, 6) is -0.599. The molecule has 1 heterocycles. The van der Waals surface area contributed by atoms with Crippen molar-refractivity contribution in [3.63, 3.8) is 0 Å². The summed E-state index contributed by atoms with van der Waals surface area (Å²) in [4.78, 5) is 23.6. The number of benzene rings is 2. The fraction of sp³-hybridized carbons (Fsp3) is 0.158. The molecule has 0 bridgehead atoms. The van der Waals surface area contributed by atoms with Crippen molar-refractivity contribution in [2.45, 2.75) is 0 Å². The lowest BCUT2D eigenvalue weighted by atomic mass is 10.2. The van der Waals surface area contributed by atoms with Gasteiger partial charge in [0.25, 0.3) is 5.91 Å². The number of fused-ring (bicyclic) bond motifs is 1. The SMILES string of the molecule is O=C(COC(=O)/C=C/c1cc(Br)ccc1F)Nc1ccc2c(c1)OCCO2. The molecule has 1 N–H and O–H groups in total. The molecule has 1 amide bonds. The van der Waals surface area contributed by atoms with E-state index in [1.54, 1.807) is 24.3 Å². The van der Waals surface area contributed by atoms with Crippen molar-refractivity contribution in [3.8, 4) is 11.5 Å². The molecule has 2 aromatic carbocycles. The molecule has 140 valence electrons. The van der Waals surface area contributed by atoms with Crippen LogP contribution in [-0.4, -0.2) is 31.7 Å². The zero-order valence-electron chi connectivity index (χ0n) is 14.0. The third kappa shape index (κ3) is 5.30. The van der Waals surface area contributed by atoms with E-state index >= 15 is 0 Å². The molecule has 2 aromatic rings. The first-order valence-corrected chi connectivity index (χ1v) is 8.80. The van der Waals surface area contributed by atoms with Gasteiger partial charge in [0.05, 0.1) is 0 Å². The number of esters is 1. The molecule has 0 aromatic heterocycles. The van der Waals surface area contributed by atoms with Crippen LogP contribution in [0.1, 0.15) is 5.56 Å². The van der Waals surface area contributed by atoms with Gasteiger partial charge in [-0.05, 0) is 36.4 Å². The summed E-state index contributed by atoms with van der Waals surface area (Å²) in [6.45, 7) is 0.442. The number of hydrogen-bond donors (Lipinski definition) is 1. The first-order valence-electron chi connectivity index (χ1n) is 8.00. The molecular weight excluding hydrogens is 421 g/mol. The Balaban J connectivity index is 1.50. The quantitative estimate of drug-likeness (QED) is 0.574. The van der Waals surface area contributed by atoms with Crippen LogP contribution < -0.4 is 14.8 Å². The smallest absolute Gasteiger partial charge is 0.331 e. The average molecular weight is 436 g/mol. The predicted octanol–water partition coefficient (Wildman–Crippen LogP) is 3.55. The van der Waals surface area contributed by atoms with Gasteiger partial charge in [0, 0.05) is 27.9 Å². The van der Waals surface area contributed by atoms with Crippen LogP contribution in [0.4, 0.5) is 10.1 Å². The van der Waals surface area contributed by atoms with Gasteiger partial charge in [0.1, 0.15) is 19.0 Å². The minimum atomic E-state index is -0.758. The van der Waals surface area contributed by atoms with Gasteiger partial charge < -0.3 is 19.5 Å². The highest BCUT2D eigenvalue weighted by atomic mass is 79.9. The second kappa shape index (κ2) is 8.68. The van der Waals surface area contributed by atoms with Crippen molar-refractivity contribution < 1.29 is 28.2 Å². The highest BCUT2D eigenvalue weighted by molar-refractivity contribution is 9.10. The fourth-order valence-corrected chi connectivity index (χ4v) is 2.68. The standard InChI is InChI=1S/C19H15BrFNO5/c20-13-2-4-15(21)12(9-13)1-6-19(24)27-11-18(23)22-14-3-5-16-17(10-14)26-8-7-25-16/h1-6,9-10H,7-8,11H2,(H,22,23)/b6-1+. The van der Waals surface area contributed by atoms with Crippen LogP contribution in [0.25, 0.3) is 6.08 Å². The lowest BCUT2D eigenvalue weighted by Gasteiger charge is -2.18. The van der Waals surface area contributed by atoms with E-state index < -0.39 is 24.3 Å². The molecule has 0 aliphatic carbocycles. The molecule has 0 spiro atoms. The molecule has 0 atom stereocenters. The second-order valence-corrected chi connectivity index (χ2v) is 6.43. The van der Waals surface area contributed by atoms with Crippen LogP contribution in [0.15, 0.2) is 46.9 Å². The minimum absolute atomic E-state index is 0.224. The third-order valence-corrected chi connectivity index (χ3v) is 4.02. The molecule has 0 fully saturated rings. The summed E-state index contributed by atoms with van der Waals surface area (Å²) in [6, 6.07) is 9.31. The average Bonchev–Trinajstić information content (AvgIpc) is 2.67. The lowest BCUT2D eigenvalue weighted by Crippen LogP contribution is -2.20. The zero-order valence-corrected chi connectivity index (χ0v) is 15.6. The summed E-state index contributed by atoms with van der Waals surface area (Å²) in [5.41, 5.74) is 0.717. The number of halogens is 2. The molecular formula is C19H15BrFNO5. The van der Waals surface area contributed by atoms with E-state index in [0.717, 1.165) is 6.08 Å². The van der Waals surface area contributed by atoms with Gasteiger partial charge in [0.2, 0.25) is 0 Å². The Morgan fingerprint density at radius 2 is 1.93 bits per heavy atom. The number of ether oxygens (including phenoxy) is 3. The van der Waals surface area contributed by atoms with E-state index in [-0.39, 0.29) is 5.56 Å². The fourth-order valence-electron chi connectivity index (χ4n) is 2.30. The lowest BCUT2D eigenvalue weighted by molar-refractivity contribution is -0.142. The molecule has 1 aliphatic heterocycles. The van der Waals surface area contributed by atoms with Gasteiger partial charge in [-0.2, -0.15) is 0 Å². The predicted molar refractivity (Wildman–Crippen MR) is 100 cm³/mol. The number of anilines is 1. The Kier molecular flexibility index (Phi) is 6.08. The Bertz CT molecular complexity index is 900. The van der Waals surface area contributed by atoms with E-state index in [0.29, 0.717) is 34.9 Å². The molecule has 3 rings (SSSR count). The largest absolute Gasteiger partial charge is 0.486 e. The summed E-state index contributed by atoms with van der Waals surface area (Å²) >= 11 is 3.22. The summed E-state index contributed by atoms with van der Waals surface area (Å²) in [6.07, 6.45) is 2.34. The highest BCUT2D eigenvalue weighted by Gasteiger charge is 2.13. The number of rotatable bonds is 5. The maximum atomic E-state index is 13.6. The van der Waals surface area contributed by atoms with Crippen molar-refractivity contribution in [1.82, 2.24) is 0 Å². The van der Waals surface area contributed by atoms with Crippen LogP contribution >= 0.6 is 15.9 Å². The maximum absolute atomic E-state index is 13.6. The van der Waals surface area contributed by atoms with Crippen LogP contribution in [0.2, 0.25) is 0 Å². The van der Waals surface area contributed by atoms with Crippen LogP contribution in [0.3, 0.4) is 0 Å². The maximum Gasteiger partial charge on any atom is 0.331 e. The van der Waals surface area contributed by atoms with Crippen molar-refractivity contribution in [2.24, 2.45) is 0 Å². The van der Waals surface area contributed by atoms with E-state index in [4.69, 9.17) is 14.2 Å². The number of carbonyl (C=O) groups excluding carboxylic acids is 2. The van der Waals surface area contributed by atoms with Gasteiger partial charge >= 0.3 is 5.97 Å². The Morgan fingerprint density at radius 1 is 1.15 bits per heavy atom. The molecule has 8 heteroatoms. The van der Waals surface area contributed by atoms with Crippen molar-refractivity contribution >= 4 is 39.6 Å². The molecule has 0 saturated heterocycles. The monoisotopic (exact) mass is 435 g/mol. The van der Waals surface area contributed by atoms with Crippen molar-refractivity contribution in [3.05, 3.63) is 58.3 Å². The number of hydrogen-bond acceptors (Lipinski definition) is 5. The van der Waals surface area contributed by atoms with E-state index in [1.807, 2.05) is 0 Å². The Morgan fingerprint density at radius 3 is 2.74 bits per heavy atom. The van der Waals surface area contributed by atoms with Crippen LogP contribution in [0, 0.1) is 5.82 Å². The molecule has 0 radical (unpaired) electrons. The van der Waals surface area contributed by atoms with Crippen LogP contribution in [0.5, 0.6) is 11.5 Å². The molecule has 0 saturated carbocycles. The highest BCUT2D eigenvalue weighted by Crippen LogP contribution is 2.32. The van der Waals surface area contributed by atoms with Gasteiger partial charge in [0.15, 0.2) is 18.1 Å². The zero-order chi connectivity index (χ0) is 19.2. The van der Waals surface area contributed by atoms with Gasteiger partial charge in [-0.15, -0.1) is 0 Å².